The molecule has 19 heavy (non-hydrogen) atoms. The first-order valence-corrected chi connectivity index (χ1v) is 7.67. The predicted molar refractivity (Wildman–Crippen MR) is 76.7 cm³/mol. The second kappa shape index (κ2) is 6.88. The van der Waals surface area contributed by atoms with Crippen molar-refractivity contribution in [3.8, 4) is 5.75 Å². The Kier molecular flexibility index (Phi) is 5.78. The molecule has 0 saturated heterocycles. The fourth-order valence-corrected chi connectivity index (χ4v) is 2.31. The number of methoxy groups -OCH3 is 1. The van der Waals surface area contributed by atoms with Crippen LogP contribution in [0.1, 0.15) is 18.1 Å². The molecule has 0 saturated carbocycles. The van der Waals surface area contributed by atoms with Gasteiger partial charge in [0.1, 0.15) is 5.75 Å². The van der Waals surface area contributed by atoms with Gasteiger partial charge in [0.2, 0.25) is 0 Å². The van der Waals surface area contributed by atoms with E-state index in [0.717, 1.165) is 22.0 Å². The first-order valence-electron chi connectivity index (χ1n) is 6.23. The zero-order valence-corrected chi connectivity index (χ0v) is 12.8. The van der Waals surface area contributed by atoms with Crippen molar-refractivity contribution in [1.29, 1.82) is 0 Å². The fraction of sp³-hybridized carbons (Fsp3) is 0.538. The summed E-state index contributed by atoms with van der Waals surface area (Å²) in [7, 11) is 1.26. The molecule has 0 radical (unpaired) electrons. The number of nitrogens with one attached hydrogen (secondary N) is 1. The van der Waals surface area contributed by atoms with E-state index in [0.29, 0.717) is 13.0 Å². The molecule has 5 nitrogen and oxygen atoms in total. The summed E-state index contributed by atoms with van der Waals surface area (Å²) in [5, 5.41) is 0. The molecule has 0 aliphatic carbocycles. The van der Waals surface area contributed by atoms with E-state index in [4.69, 9.17) is 4.74 Å². The number of benzene rings is 1. The van der Waals surface area contributed by atoms with Crippen LogP contribution in [0.25, 0.3) is 0 Å². The van der Waals surface area contributed by atoms with Crippen LogP contribution in [0.2, 0.25) is 0 Å². The van der Waals surface area contributed by atoms with E-state index in [1.54, 1.807) is 7.11 Å². The number of rotatable bonds is 7. The highest BCUT2D eigenvalue weighted by atomic mass is 32.2. The summed E-state index contributed by atoms with van der Waals surface area (Å²) in [4.78, 5) is 0. The van der Waals surface area contributed by atoms with Gasteiger partial charge in [-0.3, -0.25) is 0 Å². The predicted octanol–water partition coefficient (Wildman–Crippen LogP) is 1.20. The van der Waals surface area contributed by atoms with Crippen LogP contribution in [-0.4, -0.2) is 40.5 Å². The van der Waals surface area contributed by atoms with Crippen molar-refractivity contribution in [2.45, 2.75) is 19.8 Å². The summed E-state index contributed by atoms with van der Waals surface area (Å²) < 4.78 is 32.1. The van der Waals surface area contributed by atoms with Crippen molar-refractivity contribution in [2.75, 3.05) is 27.7 Å². The Morgan fingerprint density at radius 1 is 1.32 bits per heavy atom. The molecule has 1 aromatic carbocycles. The Balaban J connectivity index is 2.72. The van der Waals surface area contributed by atoms with Crippen molar-refractivity contribution in [3.63, 3.8) is 0 Å². The SMILES string of the molecule is CCc1ccc(OC)c(CCNS(=O)(=O)N(C)C)c1. The minimum atomic E-state index is -3.36. The quantitative estimate of drug-likeness (QED) is 0.819. The fourth-order valence-electron chi connectivity index (χ4n) is 1.69. The molecule has 1 rings (SSSR count). The van der Waals surface area contributed by atoms with Gasteiger partial charge in [-0.1, -0.05) is 19.1 Å². The standard InChI is InChI=1S/C13H22N2O3S/c1-5-11-6-7-13(18-4)12(10-11)8-9-14-19(16,17)15(2)3/h6-7,10,14H,5,8-9H2,1-4H3. The Morgan fingerprint density at radius 2 is 2.00 bits per heavy atom. The first kappa shape index (κ1) is 15.9. The molecule has 0 aromatic heterocycles. The second-order valence-electron chi connectivity index (χ2n) is 4.43. The van der Waals surface area contributed by atoms with Gasteiger partial charge in [0.15, 0.2) is 0 Å². The first-order chi connectivity index (χ1) is 8.90. The maximum atomic E-state index is 11.6. The molecule has 0 unspecified atom stereocenters. The zero-order valence-electron chi connectivity index (χ0n) is 11.9. The van der Waals surface area contributed by atoms with Gasteiger partial charge in [0.25, 0.3) is 10.2 Å². The van der Waals surface area contributed by atoms with Crippen molar-refractivity contribution in [2.24, 2.45) is 0 Å². The van der Waals surface area contributed by atoms with Gasteiger partial charge >= 0.3 is 0 Å². The smallest absolute Gasteiger partial charge is 0.278 e. The van der Waals surface area contributed by atoms with E-state index >= 15 is 0 Å². The van der Waals surface area contributed by atoms with Crippen molar-refractivity contribution in [1.82, 2.24) is 9.03 Å². The average Bonchev–Trinajstić information content (AvgIpc) is 2.38. The molecule has 0 fully saturated rings. The summed E-state index contributed by atoms with van der Waals surface area (Å²) >= 11 is 0. The zero-order chi connectivity index (χ0) is 14.5. The lowest BCUT2D eigenvalue weighted by Gasteiger charge is -2.14. The lowest BCUT2D eigenvalue weighted by atomic mass is 10.1. The number of ether oxygens (including phenoxy) is 1. The molecule has 1 N–H and O–H groups in total. The van der Waals surface area contributed by atoms with Crippen LogP contribution in [0.5, 0.6) is 5.75 Å². The summed E-state index contributed by atoms with van der Waals surface area (Å²) in [6, 6.07) is 6.00. The average molecular weight is 286 g/mol. The van der Waals surface area contributed by atoms with Crippen LogP contribution in [0.4, 0.5) is 0 Å². The van der Waals surface area contributed by atoms with E-state index < -0.39 is 10.2 Å². The highest BCUT2D eigenvalue weighted by Gasteiger charge is 2.12. The van der Waals surface area contributed by atoms with Crippen LogP contribution in [0.15, 0.2) is 18.2 Å². The van der Waals surface area contributed by atoms with Gasteiger partial charge in [-0.25, -0.2) is 4.72 Å². The van der Waals surface area contributed by atoms with Crippen LogP contribution in [0.3, 0.4) is 0 Å². The molecule has 6 heteroatoms. The molecular weight excluding hydrogens is 264 g/mol. The number of nitrogens with zero attached hydrogens (tertiary/aromatic N) is 1. The topological polar surface area (TPSA) is 58.6 Å². The van der Waals surface area contributed by atoms with Crippen molar-refractivity contribution >= 4 is 10.2 Å². The normalized spacial score (nSPS) is 11.8. The van der Waals surface area contributed by atoms with Gasteiger partial charge in [0.05, 0.1) is 7.11 Å². The lowest BCUT2D eigenvalue weighted by molar-refractivity contribution is 0.409. The van der Waals surface area contributed by atoms with Crippen LogP contribution < -0.4 is 9.46 Å². The highest BCUT2D eigenvalue weighted by molar-refractivity contribution is 7.87. The summed E-state index contributed by atoms with van der Waals surface area (Å²) in [5.41, 5.74) is 2.23. The minimum Gasteiger partial charge on any atom is -0.496 e. The van der Waals surface area contributed by atoms with Crippen LogP contribution in [-0.2, 0) is 23.1 Å². The third kappa shape index (κ3) is 4.49. The summed E-state index contributed by atoms with van der Waals surface area (Å²) in [6.45, 7) is 2.43. The van der Waals surface area contributed by atoms with E-state index in [9.17, 15) is 8.42 Å². The molecule has 0 amide bonds. The Bertz CT molecular complexity index is 513. The van der Waals surface area contributed by atoms with E-state index in [1.165, 1.54) is 19.7 Å². The monoisotopic (exact) mass is 286 g/mol. The molecule has 0 aliphatic rings. The van der Waals surface area contributed by atoms with Gasteiger partial charge < -0.3 is 4.74 Å². The third-order valence-corrected chi connectivity index (χ3v) is 4.44. The van der Waals surface area contributed by atoms with E-state index in [1.807, 2.05) is 12.1 Å². The molecule has 0 bridgehead atoms. The van der Waals surface area contributed by atoms with Crippen LogP contribution in [0, 0.1) is 0 Å². The summed E-state index contributed by atoms with van der Waals surface area (Å²) in [6.07, 6.45) is 1.55. The van der Waals surface area contributed by atoms with E-state index in [2.05, 4.69) is 17.7 Å². The molecule has 0 atom stereocenters. The Labute approximate surface area is 115 Å². The second-order valence-corrected chi connectivity index (χ2v) is 6.40. The lowest BCUT2D eigenvalue weighted by Crippen LogP contribution is -2.36. The highest BCUT2D eigenvalue weighted by Crippen LogP contribution is 2.20. The van der Waals surface area contributed by atoms with Crippen LogP contribution >= 0.6 is 0 Å². The molecule has 0 aliphatic heterocycles. The Hall–Kier alpha value is -1.11. The Morgan fingerprint density at radius 3 is 2.53 bits per heavy atom. The van der Waals surface area contributed by atoms with Gasteiger partial charge in [-0.05, 0) is 30.0 Å². The maximum absolute atomic E-state index is 11.6. The molecular formula is C13H22N2O3S. The van der Waals surface area contributed by atoms with Gasteiger partial charge in [-0.2, -0.15) is 12.7 Å². The number of aryl methyl sites for hydroxylation is 1. The molecule has 0 heterocycles. The third-order valence-electron chi connectivity index (χ3n) is 2.91. The molecule has 0 spiro atoms. The maximum Gasteiger partial charge on any atom is 0.278 e. The van der Waals surface area contributed by atoms with Crippen molar-refractivity contribution in [3.05, 3.63) is 29.3 Å². The number of hydrogen-bond acceptors (Lipinski definition) is 3. The largest absolute Gasteiger partial charge is 0.496 e. The molecule has 108 valence electrons. The molecule has 1 aromatic rings. The summed E-state index contributed by atoms with van der Waals surface area (Å²) in [5.74, 6) is 0.793. The van der Waals surface area contributed by atoms with Gasteiger partial charge in [0, 0.05) is 20.6 Å². The van der Waals surface area contributed by atoms with Crippen molar-refractivity contribution < 1.29 is 13.2 Å². The number of hydrogen-bond donors (Lipinski definition) is 1. The van der Waals surface area contributed by atoms with Gasteiger partial charge in [-0.15, -0.1) is 0 Å². The minimum absolute atomic E-state index is 0.351. The van der Waals surface area contributed by atoms with E-state index in [-0.39, 0.29) is 0 Å².